The van der Waals surface area contributed by atoms with Crippen LogP contribution in [0.4, 0.5) is 0 Å². The number of hydrogen-bond donors (Lipinski definition) is 0. The quantitative estimate of drug-likeness (QED) is 0.507. The molecule has 60 valence electrons. The first-order valence-electron chi connectivity index (χ1n) is 4.02. The van der Waals surface area contributed by atoms with Crippen molar-refractivity contribution < 1.29 is 0 Å². The molecular weight excluding hydrogens is 144 g/mol. The van der Waals surface area contributed by atoms with Crippen molar-refractivity contribution in [1.29, 1.82) is 0 Å². The van der Waals surface area contributed by atoms with Crippen LogP contribution in [-0.4, -0.2) is 0 Å². The van der Waals surface area contributed by atoms with E-state index in [1.165, 1.54) is 5.56 Å². The van der Waals surface area contributed by atoms with E-state index in [9.17, 15) is 0 Å². The standard InChI is InChI=1S/C12H12/c1-3-4-5-6-12-9-7-11(2)8-10-12/h3-4,7-10H,1-2H3/b4-3+. The molecule has 1 aromatic carbocycles. The second-order valence-electron chi connectivity index (χ2n) is 2.64. The summed E-state index contributed by atoms with van der Waals surface area (Å²) >= 11 is 0. The van der Waals surface area contributed by atoms with Crippen LogP contribution in [0, 0.1) is 18.8 Å². The van der Waals surface area contributed by atoms with Gasteiger partial charge in [-0.05, 0) is 32.1 Å². The average Bonchev–Trinajstić information content (AvgIpc) is 2.09. The van der Waals surface area contributed by atoms with E-state index < -0.39 is 0 Å². The third-order valence-corrected chi connectivity index (χ3v) is 1.52. The third kappa shape index (κ3) is 2.64. The highest BCUT2D eigenvalue weighted by Gasteiger charge is 1.83. The number of allylic oxidation sites excluding steroid dienone is 2. The van der Waals surface area contributed by atoms with Gasteiger partial charge in [0.2, 0.25) is 0 Å². The Kier molecular flexibility index (Phi) is 3.17. The molecule has 0 heteroatoms. The normalized spacial score (nSPS) is 9.50. The predicted octanol–water partition coefficient (Wildman–Crippen LogP) is 2.92. The van der Waals surface area contributed by atoms with Gasteiger partial charge in [-0.15, -0.1) is 0 Å². The molecule has 1 aromatic rings. The van der Waals surface area contributed by atoms with Crippen LogP contribution in [0.25, 0.3) is 0 Å². The van der Waals surface area contributed by atoms with Gasteiger partial charge in [-0.1, -0.05) is 35.6 Å². The summed E-state index contributed by atoms with van der Waals surface area (Å²) in [5, 5.41) is 0. The second-order valence-corrected chi connectivity index (χ2v) is 2.64. The zero-order valence-corrected chi connectivity index (χ0v) is 7.46. The van der Waals surface area contributed by atoms with Gasteiger partial charge in [0.25, 0.3) is 0 Å². The van der Waals surface area contributed by atoms with E-state index in [0.717, 1.165) is 5.56 Å². The molecule has 0 fully saturated rings. The molecule has 1 rings (SSSR count). The van der Waals surface area contributed by atoms with Gasteiger partial charge >= 0.3 is 0 Å². The maximum atomic E-state index is 3.04. The fourth-order valence-corrected chi connectivity index (χ4v) is 0.845. The Morgan fingerprint density at radius 1 is 1.17 bits per heavy atom. The van der Waals surface area contributed by atoms with Crippen LogP contribution in [0.3, 0.4) is 0 Å². The number of rotatable bonds is 0. The van der Waals surface area contributed by atoms with Crippen LogP contribution >= 0.6 is 0 Å². The highest BCUT2D eigenvalue weighted by Crippen LogP contribution is 2.00. The summed E-state index contributed by atoms with van der Waals surface area (Å²) in [5.41, 5.74) is 2.34. The Morgan fingerprint density at radius 2 is 1.83 bits per heavy atom. The molecule has 0 radical (unpaired) electrons. The summed E-state index contributed by atoms with van der Waals surface area (Å²) in [7, 11) is 0. The van der Waals surface area contributed by atoms with Gasteiger partial charge in [-0.2, -0.15) is 0 Å². The van der Waals surface area contributed by atoms with E-state index in [1.54, 1.807) is 0 Å². The lowest BCUT2D eigenvalue weighted by Crippen LogP contribution is -1.73. The number of aryl methyl sites for hydroxylation is 1. The van der Waals surface area contributed by atoms with E-state index >= 15 is 0 Å². The number of hydrogen-bond acceptors (Lipinski definition) is 0. The van der Waals surface area contributed by atoms with Gasteiger partial charge < -0.3 is 0 Å². The Labute approximate surface area is 73.9 Å². The van der Waals surface area contributed by atoms with Crippen molar-refractivity contribution in [2.45, 2.75) is 13.8 Å². The molecule has 0 amide bonds. The fraction of sp³-hybridized carbons (Fsp3) is 0.167. The van der Waals surface area contributed by atoms with E-state index in [1.807, 2.05) is 31.2 Å². The van der Waals surface area contributed by atoms with Crippen molar-refractivity contribution in [3.05, 3.63) is 47.5 Å². The van der Waals surface area contributed by atoms with Gasteiger partial charge in [-0.3, -0.25) is 0 Å². The molecule has 12 heavy (non-hydrogen) atoms. The molecule has 0 saturated heterocycles. The van der Waals surface area contributed by atoms with Crippen LogP contribution in [0.1, 0.15) is 18.1 Å². The molecule has 0 N–H and O–H groups in total. The second kappa shape index (κ2) is 4.41. The summed E-state index contributed by atoms with van der Waals surface area (Å²) in [6, 6.07) is 8.21. The summed E-state index contributed by atoms with van der Waals surface area (Å²) < 4.78 is 0. The summed E-state index contributed by atoms with van der Waals surface area (Å²) in [4.78, 5) is 0. The van der Waals surface area contributed by atoms with Gasteiger partial charge in [0.15, 0.2) is 0 Å². The fourth-order valence-electron chi connectivity index (χ4n) is 0.845. The highest BCUT2D eigenvalue weighted by atomic mass is 13.9. The lowest BCUT2D eigenvalue weighted by molar-refractivity contribution is 1.46. The summed E-state index contributed by atoms with van der Waals surface area (Å²) in [5.74, 6) is 5.98. The van der Waals surface area contributed by atoms with Gasteiger partial charge in [0.1, 0.15) is 0 Å². The third-order valence-electron chi connectivity index (χ3n) is 1.52. The molecule has 0 aliphatic rings. The monoisotopic (exact) mass is 156 g/mol. The topological polar surface area (TPSA) is 0 Å². The zero-order valence-electron chi connectivity index (χ0n) is 7.46. The van der Waals surface area contributed by atoms with Crippen LogP contribution in [-0.2, 0) is 0 Å². The van der Waals surface area contributed by atoms with Crippen molar-refractivity contribution in [3.63, 3.8) is 0 Å². The first kappa shape index (κ1) is 8.62. The molecule has 0 unspecified atom stereocenters. The molecular formula is C12H12. The lowest BCUT2D eigenvalue weighted by atomic mass is 10.1. The maximum absolute atomic E-state index is 3.04. The minimum atomic E-state index is 1.07. The first-order chi connectivity index (χ1) is 5.83. The van der Waals surface area contributed by atoms with Gasteiger partial charge in [0.05, 0.1) is 0 Å². The molecule has 0 saturated carbocycles. The van der Waals surface area contributed by atoms with Crippen LogP contribution in [0.2, 0.25) is 0 Å². The molecule has 0 aliphatic heterocycles. The summed E-state index contributed by atoms with van der Waals surface area (Å²) in [6.07, 6.45) is 3.78. The average molecular weight is 156 g/mol. The zero-order chi connectivity index (χ0) is 8.81. The molecule has 0 spiro atoms. The van der Waals surface area contributed by atoms with Crippen molar-refractivity contribution in [3.8, 4) is 11.8 Å². The van der Waals surface area contributed by atoms with Crippen molar-refractivity contribution >= 4 is 0 Å². The Hall–Kier alpha value is -1.48. The maximum Gasteiger partial charge on any atom is 0.0248 e. The first-order valence-corrected chi connectivity index (χ1v) is 4.02. The summed E-state index contributed by atoms with van der Waals surface area (Å²) in [6.45, 7) is 4.03. The van der Waals surface area contributed by atoms with E-state index in [4.69, 9.17) is 0 Å². The molecule has 0 bridgehead atoms. The van der Waals surface area contributed by atoms with Gasteiger partial charge in [-0.25, -0.2) is 0 Å². The Bertz CT molecular complexity index is 317. The minimum Gasteiger partial charge on any atom is -0.0793 e. The molecule has 0 nitrogen and oxygen atoms in total. The van der Waals surface area contributed by atoms with Gasteiger partial charge in [0, 0.05) is 5.56 Å². The molecule has 0 aliphatic carbocycles. The van der Waals surface area contributed by atoms with Crippen LogP contribution in [0.5, 0.6) is 0 Å². The SMILES string of the molecule is C/C=C/C#Cc1ccc(C)cc1. The molecule has 0 atom stereocenters. The number of benzene rings is 1. The van der Waals surface area contributed by atoms with Crippen molar-refractivity contribution in [2.75, 3.05) is 0 Å². The van der Waals surface area contributed by atoms with Crippen molar-refractivity contribution in [1.82, 2.24) is 0 Å². The highest BCUT2D eigenvalue weighted by molar-refractivity contribution is 5.37. The van der Waals surface area contributed by atoms with E-state index in [2.05, 4.69) is 30.9 Å². The lowest BCUT2D eigenvalue weighted by Gasteiger charge is -1.90. The van der Waals surface area contributed by atoms with Crippen molar-refractivity contribution in [2.24, 2.45) is 0 Å². The molecule has 0 aromatic heterocycles. The Balaban J connectivity index is 2.79. The van der Waals surface area contributed by atoms with Crippen LogP contribution in [0.15, 0.2) is 36.4 Å². The minimum absolute atomic E-state index is 1.07. The predicted molar refractivity (Wildman–Crippen MR) is 52.9 cm³/mol. The van der Waals surface area contributed by atoms with E-state index in [0.29, 0.717) is 0 Å². The van der Waals surface area contributed by atoms with E-state index in [-0.39, 0.29) is 0 Å². The molecule has 0 heterocycles. The largest absolute Gasteiger partial charge is 0.0793 e. The Morgan fingerprint density at radius 3 is 2.42 bits per heavy atom. The smallest absolute Gasteiger partial charge is 0.0248 e. The van der Waals surface area contributed by atoms with Crippen LogP contribution < -0.4 is 0 Å².